The summed E-state index contributed by atoms with van der Waals surface area (Å²) in [6, 6.07) is 15.6. The van der Waals surface area contributed by atoms with Crippen molar-refractivity contribution in [3.05, 3.63) is 70.7 Å². The fourth-order valence-electron chi connectivity index (χ4n) is 3.19. The Morgan fingerprint density at radius 1 is 0.923 bits per heavy atom. The van der Waals surface area contributed by atoms with Crippen LogP contribution >= 0.6 is 23.2 Å². The summed E-state index contributed by atoms with van der Waals surface area (Å²) in [5.41, 5.74) is 2.12. The van der Waals surface area contributed by atoms with Crippen molar-refractivity contribution in [2.24, 2.45) is 0 Å². The van der Waals surface area contributed by atoms with Gasteiger partial charge < -0.3 is 9.32 Å². The van der Waals surface area contributed by atoms with E-state index in [1.54, 1.807) is 6.20 Å². The molecule has 0 N–H and O–H groups in total. The normalized spacial score (nSPS) is 15.4. The van der Waals surface area contributed by atoms with Gasteiger partial charge in [0.25, 0.3) is 0 Å². The van der Waals surface area contributed by atoms with Gasteiger partial charge in [-0.15, -0.1) is 0 Å². The summed E-state index contributed by atoms with van der Waals surface area (Å²) in [6.07, 6.45) is 1.77. The topological polar surface area (TPSA) is 32.5 Å². The van der Waals surface area contributed by atoms with Gasteiger partial charge in [0.2, 0.25) is 5.89 Å². The Balaban J connectivity index is 1.36. The Bertz CT molecular complexity index is 888. The van der Waals surface area contributed by atoms with Crippen LogP contribution in [-0.4, -0.2) is 36.1 Å². The molecule has 4 rings (SSSR count). The average Bonchev–Trinajstić information content (AvgIpc) is 3.11. The van der Waals surface area contributed by atoms with E-state index in [2.05, 4.69) is 20.9 Å². The Kier molecular flexibility index (Phi) is 5.16. The van der Waals surface area contributed by atoms with Crippen LogP contribution < -0.4 is 4.90 Å². The smallest absolute Gasteiger partial charge is 0.209 e. The van der Waals surface area contributed by atoms with Crippen LogP contribution in [0.5, 0.6) is 0 Å². The van der Waals surface area contributed by atoms with E-state index in [0.29, 0.717) is 11.6 Å². The molecule has 0 radical (unpaired) electrons. The summed E-state index contributed by atoms with van der Waals surface area (Å²) in [7, 11) is 0. The molecule has 0 amide bonds. The summed E-state index contributed by atoms with van der Waals surface area (Å²) >= 11 is 12.1. The lowest BCUT2D eigenvalue weighted by atomic mass is 10.2. The third-order valence-corrected chi connectivity index (χ3v) is 5.04. The number of hydrogen-bond donors (Lipinski definition) is 0. The molecule has 0 atom stereocenters. The van der Waals surface area contributed by atoms with Gasteiger partial charge in [-0.2, -0.15) is 0 Å². The van der Waals surface area contributed by atoms with Crippen molar-refractivity contribution in [3.63, 3.8) is 0 Å². The molecule has 6 heteroatoms. The van der Waals surface area contributed by atoms with E-state index < -0.39 is 0 Å². The fourth-order valence-corrected chi connectivity index (χ4v) is 3.56. The zero-order valence-corrected chi connectivity index (χ0v) is 15.7. The van der Waals surface area contributed by atoms with Gasteiger partial charge in [0, 0.05) is 47.5 Å². The number of anilines is 1. The maximum absolute atomic E-state index is 6.10. The Labute approximate surface area is 163 Å². The van der Waals surface area contributed by atoms with E-state index in [-0.39, 0.29) is 0 Å². The molecule has 1 aromatic heterocycles. The molecule has 4 nitrogen and oxygen atoms in total. The Morgan fingerprint density at radius 3 is 2.38 bits per heavy atom. The minimum Gasteiger partial charge on any atom is -0.439 e. The quantitative estimate of drug-likeness (QED) is 0.632. The molecule has 0 bridgehead atoms. The number of oxazole rings is 1. The van der Waals surface area contributed by atoms with Crippen LogP contribution in [0, 0.1) is 0 Å². The minimum atomic E-state index is 0.692. The first-order valence-corrected chi connectivity index (χ1v) is 9.36. The highest BCUT2D eigenvalue weighted by Gasteiger charge is 2.19. The highest BCUT2D eigenvalue weighted by Crippen LogP contribution is 2.25. The van der Waals surface area contributed by atoms with Gasteiger partial charge in [0.15, 0.2) is 5.76 Å². The first-order valence-electron chi connectivity index (χ1n) is 8.61. The summed E-state index contributed by atoms with van der Waals surface area (Å²) in [5, 5.41) is 1.47. The van der Waals surface area contributed by atoms with Crippen molar-refractivity contribution in [1.82, 2.24) is 9.88 Å². The lowest BCUT2D eigenvalue weighted by Crippen LogP contribution is -2.46. The molecule has 0 saturated carbocycles. The monoisotopic (exact) mass is 387 g/mol. The van der Waals surface area contributed by atoms with E-state index in [1.807, 2.05) is 42.5 Å². The van der Waals surface area contributed by atoms with E-state index in [9.17, 15) is 0 Å². The third kappa shape index (κ3) is 4.04. The first-order chi connectivity index (χ1) is 12.7. The molecule has 2 aromatic carbocycles. The molecule has 0 spiro atoms. The Morgan fingerprint density at radius 2 is 1.65 bits per heavy atom. The average molecular weight is 388 g/mol. The first kappa shape index (κ1) is 17.4. The molecule has 2 heterocycles. The molecule has 3 aromatic rings. The summed E-state index contributed by atoms with van der Waals surface area (Å²) in [4.78, 5) is 9.13. The van der Waals surface area contributed by atoms with Crippen LogP contribution in [0.1, 0.15) is 5.89 Å². The molecule has 1 saturated heterocycles. The number of hydrogen-bond acceptors (Lipinski definition) is 4. The number of rotatable bonds is 4. The number of aromatic nitrogens is 1. The molecule has 1 aliphatic rings. The van der Waals surface area contributed by atoms with Crippen molar-refractivity contribution in [3.8, 4) is 11.3 Å². The van der Waals surface area contributed by atoms with E-state index in [1.165, 1.54) is 5.69 Å². The summed E-state index contributed by atoms with van der Waals surface area (Å²) in [6.45, 7) is 4.55. The van der Waals surface area contributed by atoms with Crippen molar-refractivity contribution in [1.29, 1.82) is 0 Å². The summed E-state index contributed by atoms with van der Waals surface area (Å²) < 4.78 is 5.91. The van der Waals surface area contributed by atoms with Crippen LogP contribution in [-0.2, 0) is 6.54 Å². The zero-order valence-electron chi connectivity index (χ0n) is 14.2. The second-order valence-corrected chi connectivity index (χ2v) is 7.24. The van der Waals surface area contributed by atoms with Crippen molar-refractivity contribution < 1.29 is 4.42 Å². The van der Waals surface area contributed by atoms with Gasteiger partial charge in [0.05, 0.1) is 12.7 Å². The molecular formula is C20H19Cl2N3O. The molecule has 134 valence electrons. The summed E-state index contributed by atoms with van der Waals surface area (Å²) in [5.74, 6) is 1.48. The fraction of sp³-hybridized carbons (Fsp3) is 0.250. The SMILES string of the molecule is Clc1cccc(-c2cnc(CN3CCN(c4cccc(Cl)c4)CC3)o2)c1. The lowest BCUT2D eigenvalue weighted by molar-refractivity contribution is 0.227. The van der Waals surface area contributed by atoms with Gasteiger partial charge in [-0.3, -0.25) is 4.90 Å². The van der Waals surface area contributed by atoms with Gasteiger partial charge >= 0.3 is 0 Å². The standard InChI is InChI=1S/C20H19Cl2N3O/c21-16-4-1-3-15(11-16)19-13-23-20(26-19)14-24-7-9-25(10-8-24)18-6-2-5-17(22)12-18/h1-6,11-13H,7-10,14H2. The van der Waals surface area contributed by atoms with Gasteiger partial charge in [-0.1, -0.05) is 41.4 Å². The Hall–Kier alpha value is -2.01. The number of benzene rings is 2. The largest absolute Gasteiger partial charge is 0.439 e. The van der Waals surface area contributed by atoms with Crippen LogP contribution in [0.4, 0.5) is 5.69 Å². The second-order valence-electron chi connectivity index (χ2n) is 6.37. The second kappa shape index (κ2) is 7.70. The maximum atomic E-state index is 6.10. The van der Waals surface area contributed by atoms with Gasteiger partial charge in [-0.05, 0) is 30.3 Å². The van der Waals surface area contributed by atoms with Crippen LogP contribution in [0.2, 0.25) is 10.0 Å². The van der Waals surface area contributed by atoms with Crippen LogP contribution in [0.25, 0.3) is 11.3 Å². The molecule has 0 aliphatic carbocycles. The number of nitrogens with zero attached hydrogens (tertiary/aromatic N) is 3. The van der Waals surface area contributed by atoms with E-state index in [0.717, 1.165) is 48.4 Å². The molecule has 26 heavy (non-hydrogen) atoms. The maximum Gasteiger partial charge on any atom is 0.209 e. The molecule has 1 aliphatic heterocycles. The van der Waals surface area contributed by atoms with Crippen molar-refractivity contribution in [2.45, 2.75) is 6.54 Å². The van der Waals surface area contributed by atoms with E-state index in [4.69, 9.17) is 27.6 Å². The van der Waals surface area contributed by atoms with Crippen molar-refractivity contribution in [2.75, 3.05) is 31.1 Å². The van der Waals surface area contributed by atoms with Crippen LogP contribution in [0.3, 0.4) is 0 Å². The highest BCUT2D eigenvalue weighted by atomic mass is 35.5. The van der Waals surface area contributed by atoms with Crippen molar-refractivity contribution >= 4 is 28.9 Å². The molecular weight excluding hydrogens is 369 g/mol. The number of piperazine rings is 1. The zero-order chi connectivity index (χ0) is 17.9. The minimum absolute atomic E-state index is 0.692. The lowest BCUT2D eigenvalue weighted by Gasteiger charge is -2.35. The third-order valence-electron chi connectivity index (χ3n) is 4.57. The van der Waals surface area contributed by atoms with Gasteiger partial charge in [-0.25, -0.2) is 4.98 Å². The predicted octanol–water partition coefficient (Wildman–Crippen LogP) is 4.97. The van der Waals surface area contributed by atoms with Gasteiger partial charge in [0.1, 0.15) is 0 Å². The molecule has 0 unspecified atom stereocenters. The predicted molar refractivity (Wildman–Crippen MR) is 106 cm³/mol. The van der Waals surface area contributed by atoms with E-state index >= 15 is 0 Å². The number of halogens is 2. The van der Waals surface area contributed by atoms with Crippen LogP contribution in [0.15, 0.2) is 59.1 Å². The highest BCUT2D eigenvalue weighted by molar-refractivity contribution is 6.31. The molecule has 1 fully saturated rings.